The highest BCUT2D eigenvalue weighted by Gasteiger charge is 2.29. The summed E-state index contributed by atoms with van der Waals surface area (Å²) in [7, 11) is -2.15. The fraction of sp³-hybridized carbons (Fsp3) is 0.500. The Morgan fingerprint density at radius 3 is 2.81 bits per heavy atom. The number of halogens is 1. The first-order chi connectivity index (χ1) is 9.88. The molecule has 0 radical (unpaired) electrons. The van der Waals surface area contributed by atoms with Crippen LogP contribution in [0.5, 0.6) is 0 Å². The lowest BCUT2D eigenvalue weighted by Gasteiger charge is -2.04. The van der Waals surface area contributed by atoms with Crippen molar-refractivity contribution in [3.05, 3.63) is 28.4 Å². The highest BCUT2D eigenvalue weighted by Crippen LogP contribution is 2.40. The number of nitrogens with zero attached hydrogens (tertiary/aromatic N) is 3. The molecule has 114 valence electrons. The molecule has 0 amide bonds. The highest BCUT2D eigenvalue weighted by molar-refractivity contribution is 7.89. The number of hydrogen-bond acceptors (Lipinski definition) is 5. The smallest absolute Gasteiger partial charge is 0.245 e. The van der Waals surface area contributed by atoms with Gasteiger partial charge in [0.05, 0.1) is 17.9 Å². The number of aromatic nitrogens is 3. The Kier molecular flexibility index (Phi) is 3.54. The number of sulfonamides is 1. The van der Waals surface area contributed by atoms with Crippen molar-refractivity contribution in [1.82, 2.24) is 19.7 Å². The van der Waals surface area contributed by atoms with Gasteiger partial charge >= 0.3 is 0 Å². The van der Waals surface area contributed by atoms with Crippen LogP contribution in [0.15, 0.2) is 15.5 Å². The Morgan fingerprint density at radius 2 is 2.24 bits per heavy atom. The highest BCUT2D eigenvalue weighted by atomic mass is 35.5. The van der Waals surface area contributed by atoms with Gasteiger partial charge in [0, 0.05) is 19.0 Å². The van der Waals surface area contributed by atoms with Crippen molar-refractivity contribution < 1.29 is 12.9 Å². The topological polar surface area (TPSA) is 90.0 Å². The lowest BCUT2D eigenvalue weighted by atomic mass is 10.3. The first kappa shape index (κ1) is 14.6. The number of hydrogen-bond donors (Lipinski definition) is 1. The summed E-state index contributed by atoms with van der Waals surface area (Å²) in [6, 6.07) is 1.79. The average Bonchev–Trinajstić information content (AvgIpc) is 3.08. The van der Waals surface area contributed by atoms with Crippen molar-refractivity contribution in [2.75, 3.05) is 0 Å². The van der Waals surface area contributed by atoms with Crippen molar-refractivity contribution in [2.45, 2.75) is 37.1 Å². The van der Waals surface area contributed by atoms with Crippen LogP contribution >= 0.6 is 11.6 Å². The minimum absolute atomic E-state index is 0.00224. The zero-order valence-corrected chi connectivity index (χ0v) is 13.2. The molecule has 9 heteroatoms. The van der Waals surface area contributed by atoms with Crippen molar-refractivity contribution in [3.8, 4) is 0 Å². The third-order valence-corrected chi connectivity index (χ3v) is 5.47. The minimum Gasteiger partial charge on any atom is -0.361 e. The summed E-state index contributed by atoms with van der Waals surface area (Å²) in [6.07, 6.45) is 2.20. The molecule has 1 aliphatic rings. The van der Waals surface area contributed by atoms with E-state index in [1.807, 2.05) is 0 Å². The van der Waals surface area contributed by atoms with Crippen LogP contribution in [-0.2, 0) is 23.6 Å². The fourth-order valence-electron chi connectivity index (χ4n) is 2.13. The Morgan fingerprint density at radius 1 is 1.52 bits per heavy atom. The molecule has 1 fully saturated rings. The lowest BCUT2D eigenvalue weighted by molar-refractivity contribution is 0.377. The Labute approximate surface area is 127 Å². The molecule has 0 saturated heterocycles. The maximum Gasteiger partial charge on any atom is 0.245 e. The third-order valence-electron chi connectivity index (χ3n) is 3.37. The predicted octanol–water partition coefficient (Wildman–Crippen LogP) is 1.73. The molecule has 7 nitrogen and oxygen atoms in total. The third kappa shape index (κ3) is 2.83. The van der Waals surface area contributed by atoms with E-state index in [4.69, 9.17) is 16.1 Å². The van der Waals surface area contributed by atoms with Gasteiger partial charge in [0.25, 0.3) is 0 Å². The molecule has 2 aromatic heterocycles. The van der Waals surface area contributed by atoms with Crippen molar-refractivity contribution >= 4 is 21.6 Å². The fourth-order valence-corrected chi connectivity index (χ4v) is 3.87. The first-order valence-electron chi connectivity index (χ1n) is 6.52. The van der Waals surface area contributed by atoms with Gasteiger partial charge in [-0.25, -0.2) is 13.1 Å². The van der Waals surface area contributed by atoms with E-state index >= 15 is 0 Å². The van der Waals surface area contributed by atoms with E-state index in [2.05, 4.69) is 15.0 Å². The van der Waals surface area contributed by atoms with Crippen LogP contribution in [0.25, 0.3) is 0 Å². The van der Waals surface area contributed by atoms with Gasteiger partial charge in [0.2, 0.25) is 10.0 Å². The van der Waals surface area contributed by atoms with E-state index in [0.29, 0.717) is 17.3 Å². The molecule has 0 bridgehead atoms. The number of aryl methyl sites for hydroxylation is 2. The van der Waals surface area contributed by atoms with Gasteiger partial charge in [-0.1, -0.05) is 16.8 Å². The second-order valence-corrected chi connectivity index (χ2v) is 7.21. The van der Waals surface area contributed by atoms with Gasteiger partial charge in [-0.15, -0.1) is 0 Å². The monoisotopic (exact) mass is 330 g/mol. The summed E-state index contributed by atoms with van der Waals surface area (Å²) < 4.78 is 33.6. The minimum atomic E-state index is -3.74. The lowest BCUT2D eigenvalue weighted by Crippen LogP contribution is -2.24. The van der Waals surface area contributed by atoms with Gasteiger partial charge in [-0.3, -0.25) is 4.68 Å². The van der Waals surface area contributed by atoms with E-state index < -0.39 is 10.0 Å². The molecule has 0 atom stereocenters. The maximum absolute atomic E-state index is 12.3. The summed E-state index contributed by atoms with van der Waals surface area (Å²) in [5, 5.41) is 7.95. The Balaban J connectivity index is 1.76. The second kappa shape index (κ2) is 5.11. The van der Waals surface area contributed by atoms with Gasteiger partial charge in [0.15, 0.2) is 0 Å². The zero-order chi connectivity index (χ0) is 15.2. The summed E-state index contributed by atoms with van der Waals surface area (Å²) in [6.45, 7) is 1.66. The van der Waals surface area contributed by atoms with Crippen molar-refractivity contribution in [1.29, 1.82) is 0 Å². The average molecular weight is 331 g/mol. The normalized spacial score (nSPS) is 15.6. The van der Waals surface area contributed by atoms with E-state index in [9.17, 15) is 8.42 Å². The summed E-state index contributed by atoms with van der Waals surface area (Å²) >= 11 is 5.98. The summed E-state index contributed by atoms with van der Waals surface area (Å²) in [4.78, 5) is -0.00224. The summed E-state index contributed by atoms with van der Waals surface area (Å²) in [5.41, 5.74) is 0.909. The van der Waals surface area contributed by atoms with Crippen LogP contribution in [-0.4, -0.2) is 23.4 Å². The molecule has 0 aliphatic heterocycles. The zero-order valence-electron chi connectivity index (χ0n) is 11.6. The molecule has 2 aromatic rings. The standard InChI is InChI=1S/C12H15ClN4O3S/c1-7-11(12(13)17(2)15-7)21(18,19)14-6-9-5-10(20-16-9)8-3-4-8/h5,8,14H,3-4,6H2,1-2H3. The predicted molar refractivity (Wildman–Crippen MR) is 75.5 cm³/mol. The van der Waals surface area contributed by atoms with Gasteiger partial charge in [-0.05, 0) is 19.8 Å². The molecular formula is C12H15ClN4O3S. The molecule has 0 unspecified atom stereocenters. The molecule has 1 aliphatic carbocycles. The molecule has 1 saturated carbocycles. The molecule has 2 heterocycles. The Hall–Kier alpha value is -1.38. The van der Waals surface area contributed by atoms with Crippen LogP contribution in [0, 0.1) is 6.92 Å². The van der Waals surface area contributed by atoms with E-state index in [0.717, 1.165) is 18.6 Å². The molecule has 1 N–H and O–H groups in total. The van der Waals surface area contributed by atoms with Crippen LogP contribution in [0.4, 0.5) is 0 Å². The first-order valence-corrected chi connectivity index (χ1v) is 8.39. The molecule has 3 rings (SSSR count). The molecule has 21 heavy (non-hydrogen) atoms. The summed E-state index contributed by atoms with van der Waals surface area (Å²) in [5.74, 6) is 1.26. The largest absolute Gasteiger partial charge is 0.361 e. The van der Waals surface area contributed by atoms with E-state index in [1.54, 1.807) is 20.0 Å². The molecule has 0 aromatic carbocycles. The van der Waals surface area contributed by atoms with Crippen LogP contribution < -0.4 is 4.72 Å². The second-order valence-electron chi connectivity index (χ2n) is 5.15. The van der Waals surface area contributed by atoms with Gasteiger partial charge < -0.3 is 4.52 Å². The quantitative estimate of drug-likeness (QED) is 0.901. The Bertz CT molecular complexity index is 777. The number of rotatable bonds is 5. The van der Waals surface area contributed by atoms with E-state index in [-0.39, 0.29) is 16.6 Å². The van der Waals surface area contributed by atoms with Gasteiger partial charge in [0.1, 0.15) is 15.8 Å². The van der Waals surface area contributed by atoms with E-state index in [1.165, 1.54) is 4.68 Å². The van der Waals surface area contributed by atoms with Gasteiger partial charge in [-0.2, -0.15) is 5.10 Å². The van der Waals surface area contributed by atoms with Crippen molar-refractivity contribution in [3.63, 3.8) is 0 Å². The number of nitrogens with one attached hydrogen (secondary N) is 1. The van der Waals surface area contributed by atoms with Crippen LogP contribution in [0.3, 0.4) is 0 Å². The van der Waals surface area contributed by atoms with Crippen LogP contribution in [0.1, 0.15) is 35.9 Å². The van der Waals surface area contributed by atoms with Crippen LogP contribution in [0.2, 0.25) is 5.15 Å². The SMILES string of the molecule is Cc1nn(C)c(Cl)c1S(=O)(=O)NCc1cc(C2CC2)on1. The maximum atomic E-state index is 12.3. The van der Waals surface area contributed by atoms with Crippen molar-refractivity contribution in [2.24, 2.45) is 7.05 Å². The molecule has 0 spiro atoms. The molecular weight excluding hydrogens is 316 g/mol.